The van der Waals surface area contributed by atoms with Gasteiger partial charge in [0.2, 0.25) is 0 Å². The van der Waals surface area contributed by atoms with E-state index in [0.717, 1.165) is 76.8 Å². The van der Waals surface area contributed by atoms with Crippen LogP contribution in [0.1, 0.15) is 63.5 Å². The predicted molar refractivity (Wildman–Crippen MR) is 130 cm³/mol. The maximum Gasteiger partial charge on any atom is 0.324 e. The fourth-order valence-corrected chi connectivity index (χ4v) is 5.35. The summed E-state index contributed by atoms with van der Waals surface area (Å²) >= 11 is 0. The molecule has 0 spiro atoms. The highest BCUT2D eigenvalue weighted by Gasteiger charge is 2.36. The molecule has 2 amide bonds. The molecule has 0 radical (unpaired) electrons. The molecule has 6 nitrogen and oxygen atoms in total. The predicted octanol–water partition coefficient (Wildman–Crippen LogP) is 4.33. The molecule has 3 aliphatic rings. The van der Waals surface area contributed by atoms with Crippen LogP contribution in [0.25, 0.3) is 0 Å². The number of amides is 2. The minimum atomic E-state index is -0.0842. The summed E-state index contributed by atoms with van der Waals surface area (Å²) in [7, 11) is 0. The highest BCUT2D eigenvalue weighted by molar-refractivity contribution is 5.94. The zero-order valence-corrected chi connectivity index (χ0v) is 20.3. The second-order valence-electron chi connectivity index (χ2n) is 9.58. The lowest BCUT2D eigenvalue weighted by Crippen LogP contribution is -2.41. The molecule has 1 aliphatic carbocycles. The third-order valence-electron chi connectivity index (χ3n) is 7.07. The van der Waals surface area contributed by atoms with Crippen molar-refractivity contribution >= 4 is 30.1 Å². The van der Waals surface area contributed by atoms with Crippen molar-refractivity contribution in [3.8, 4) is 0 Å². The highest BCUT2D eigenvalue weighted by atomic mass is 35.5. The molecule has 0 aromatic heterocycles. The SMILES string of the molecule is CC(C)OC(=O)CCC1CCC(N2CCN(c3ccc4c(c3)CCNCC4)C2=O)CC1.Cl. The molecular formula is C25H38ClN3O3. The summed E-state index contributed by atoms with van der Waals surface area (Å²) < 4.78 is 5.25. The lowest BCUT2D eigenvalue weighted by Gasteiger charge is -2.34. The largest absolute Gasteiger partial charge is 0.463 e. The van der Waals surface area contributed by atoms with Crippen molar-refractivity contribution in [2.75, 3.05) is 31.1 Å². The summed E-state index contributed by atoms with van der Waals surface area (Å²) in [6.45, 7) is 7.41. The summed E-state index contributed by atoms with van der Waals surface area (Å²) in [5, 5.41) is 3.45. The Morgan fingerprint density at radius 1 is 1.09 bits per heavy atom. The number of nitrogens with zero attached hydrogens (tertiary/aromatic N) is 2. The van der Waals surface area contributed by atoms with Crippen LogP contribution in [0.4, 0.5) is 10.5 Å². The lowest BCUT2D eigenvalue weighted by molar-refractivity contribution is -0.147. The van der Waals surface area contributed by atoms with Crippen molar-refractivity contribution in [3.05, 3.63) is 29.3 Å². The molecule has 1 N–H and O–H groups in total. The molecule has 0 bridgehead atoms. The van der Waals surface area contributed by atoms with Gasteiger partial charge in [0.15, 0.2) is 0 Å². The number of hydrogen-bond donors (Lipinski definition) is 1. The molecule has 0 atom stereocenters. The molecule has 1 aromatic rings. The summed E-state index contributed by atoms with van der Waals surface area (Å²) in [4.78, 5) is 29.1. The van der Waals surface area contributed by atoms with Gasteiger partial charge in [-0.2, -0.15) is 0 Å². The number of carbonyl (C=O) groups is 2. The first-order valence-corrected chi connectivity index (χ1v) is 12.1. The number of carbonyl (C=O) groups excluding carboxylic acids is 2. The first-order valence-electron chi connectivity index (χ1n) is 12.1. The number of rotatable bonds is 6. The minimum Gasteiger partial charge on any atom is -0.463 e. The Morgan fingerprint density at radius 3 is 2.53 bits per heavy atom. The zero-order chi connectivity index (χ0) is 21.8. The average Bonchev–Trinajstić information content (AvgIpc) is 2.98. The first kappa shape index (κ1) is 24.8. The summed E-state index contributed by atoms with van der Waals surface area (Å²) in [6, 6.07) is 7.07. The van der Waals surface area contributed by atoms with Crippen LogP contribution >= 0.6 is 12.4 Å². The number of nitrogens with one attached hydrogen (secondary N) is 1. The Labute approximate surface area is 198 Å². The molecule has 7 heteroatoms. The molecule has 1 saturated heterocycles. The van der Waals surface area contributed by atoms with Crippen LogP contribution in [0, 0.1) is 5.92 Å². The monoisotopic (exact) mass is 463 g/mol. The minimum absolute atomic E-state index is 0. The molecular weight excluding hydrogens is 426 g/mol. The topological polar surface area (TPSA) is 61.9 Å². The van der Waals surface area contributed by atoms with Crippen LogP contribution in [0.5, 0.6) is 0 Å². The summed E-state index contributed by atoms with van der Waals surface area (Å²) in [5.74, 6) is 0.488. The van der Waals surface area contributed by atoms with Gasteiger partial charge in [0.25, 0.3) is 0 Å². The van der Waals surface area contributed by atoms with Gasteiger partial charge in [-0.05, 0) is 101 Å². The second-order valence-corrected chi connectivity index (χ2v) is 9.58. The number of halogens is 1. The van der Waals surface area contributed by atoms with Crippen LogP contribution in [-0.2, 0) is 22.4 Å². The fourth-order valence-electron chi connectivity index (χ4n) is 5.35. The number of ether oxygens (including phenoxy) is 1. The Balaban J connectivity index is 0.00000289. The molecule has 1 saturated carbocycles. The van der Waals surface area contributed by atoms with E-state index >= 15 is 0 Å². The van der Waals surface area contributed by atoms with Gasteiger partial charge in [0.05, 0.1) is 6.10 Å². The van der Waals surface area contributed by atoms with E-state index < -0.39 is 0 Å². The van der Waals surface area contributed by atoms with Crippen molar-refractivity contribution in [1.29, 1.82) is 0 Å². The Bertz CT molecular complexity index is 793. The van der Waals surface area contributed by atoms with Crippen LogP contribution in [0.15, 0.2) is 18.2 Å². The lowest BCUT2D eigenvalue weighted by atomic mass is 9.83. The van der Waals surface area contributed by atoms with Crippen LogP contribution in [0.3, 0.4) is 0 Å². The van der Waals surface area contributed by atoms with Crippen molar-refractivity contribution < 1.29 is 14.3 Å². The highest BCUT2D eigenvalue weighted by Crippen LogP contribution is 2.33. The van der Waals surface area contributed by atoms with Crippen LogP contribution in [0.2, 0.25) is 0 Å². The van der Waals surface area contributed by atoms with Gasteiger partial charge < -0.3 is 15.0 Å². The van der Waals surface area contributed by atoms with E-state index in [0.29, 0.717) is 18.4 Å². The average molecular weight is 464 g/mol. The molecule has 2 fully saturated rings. The molecule has 1 aromatic carbocycles. The Morgan fingerprint density at radius 2 is 1.81 bits per heavy atom. The molecule has 2 heterocycles. The summed E-state index contributed by atoms with van der Waals surface area (Å²) in [5.41, 5.74) is 3.84. The normalized spacial score (nSPS) is 23.5. The van der Waals surface area contributed by atoms with Crippen molar-refractivity contribution in [3.63, 3.8) is 0 Å². The smallest absolute Gasteiger partial charge is 0.324 e. The van der Waals surface area contributed by atoms with E-state index in [9.17, 15) is 9.59 Å². The van der Waals surface area contributed by atoms with E-state index in [1.54, 1.807) is 0 Å². The first-order chi connectivity index (χ1) is 15.0. The molecule has 4 rings (SSSR count). The molecule has 0 unspecified atom stereocenters. The number of benzene rings is 1. The maximum absolute atomic E-state index is 13.2. The summed E-state index contributed by atoms with van der Waals surface area (Å²) in [6.07, 6.45) is 7.74. The number of esters is 1. The van der Waals surface area contributed by atoms with Crippen LogP contribution < -0.4 is 10.2 Å². The van der Waals surface area contributed by atoms with Crippen molar-refractivity contribution in [2.24, 2.45) is 5.92 Å². The van der Waals surface area contributed by atoms with E-state index in [1.807, 2.05) is 18.7 Å². The number of fused-ring (bicyclic) bond motifs is 1. The second kappa shape index (κ2) is 11.4. The molecule has 32 heavy (non-hydrogen) atoms. The van der Waals surface area contributed by atoms with Gasteiger partial charge >= 0.3 is 12.0 Å². The van der Waals surface area contributed by atoms with Crippen molar-refractivity contribution in [1.82, 2.24) is 10.2 Å². The number of hydrogen-bond acceptors (Lipinski definition) is 4. The van der Waals surface area contributed by atoms with E-state index in [4.69, 9.17) is 4.74 Å². The third-order valence-corrected chi connectivity index (χ3v) is 7.07. The van der Waals surface area contributed by atoms with Gasteiger partial charge in [-0.15, -0.1) is 12.4 Å². The van der Waals surface area contributed by atoms with Gasteiger partial charge in [-0.3, -0.25) is 9.69 Å². The van der Waals surface area contributed by atoms with Crippen molar-refractivity contribution in [2.45, 2.75) is 77.4 Å². The number of anilines is 1. The van der Waals surface area contributed by atoms with E-state index in [2.05, 4.69) is 28.4 Å². The molecule has 2 aliphatic heterocycles. The number of urea groups is 1. The van der Waals surface area contributed by atoms with Gasteiger partial charge in [0, 0.05) is 31.2 Å². The zero-order valence-electron chi connectivity index (χ0n) is 19.5. The Hall–Kier alpha value is -1.79. The molecule has 178 valence electrons. The quantitative estimate of drug-likeness (QED) is 0.638. The van der Waals surface area contributed by atoms with Gasteiger partial charge in [0.1, 0.15) is 0 Å². The standard InChI is InChI=1S/C25H37N3O3.ClH/c1-18(2)31-24(29)10-5-19-3-7-22(8-4-19)27-15-16-28(25(27)30)23-9-6-20-11-13-26-14-12-21(20)17-23;/h6,9,17-19,22,26H,3-5,7-8,10-16H2,1-2H3;1H. The maximum atomic E-state index is 13.2. The third kappa shape index (κ3) is 5.96. The van der Waals surface area contributed by atoms with Gasteiger partial charge in [-0.25, -0.2) is 4.79 Å². The fraction of sp³-hybridized carbons (Fsp3) is 0.680. The van der Waals surface area contributed by atoms with Crippen LogP contribution in [-0.4, -0.2) is 55.2 Å². The van der Waals surface area contributed by atoms with Gasteiger partial charge in [-0.1, -0.05) is 6.07 Å². The van der Waals surface area contributed by atoms with E-state index in [1.165, 1.54) is 11.1 Å². The Kier molecular flexibility index (Phi) is 8.83. The van der Waals surface area contributed by atoms with E-state index in [-0.39, 0.29) is 30.5 Å².